The fourth-order valence-electron chi connectivity index (χ4n) is 2.61. The van der Waals surface area contributed by atoms with Crippen LogP contribution >= 0.6 is 34.8 Å². The summed E-state index contributed by atoms with van der Waals surface area (Å²) in [6.07, 6.45) is 7.47. The minimum absolute atomic E-state index is 0.218. The van der Waals surface area contributed by atoms with Gasteiger partial charge >= 0.3 is 0 Å². The molecule has 0 aromatic heterocycles. The monoisotopic (exact) mass is 290 g/mol. The van der Waals surface area contributed by atoms with Crippen molar-refractivity contribution < 1.29 is 0 Å². The molecule has 17 heavy (non-hydrogen) atoms. The number of hydrogen-bond donors (Lipinski definition) is 0. The third kappa shape index (κ3) is 4.05. The molecule has 0 aliphatic heterocycles. The van der Waals surface area contributed by atoms with Crippen LogP contribution in [0, 0.1) is 5.92 Å². The van der Waals surface area contributed by atoms with Crippen LogP contribution in [0.2, 0.25) is 10.0 Å². The maximum Gasteiger partial charge on any atom is 0.0595 e. The zero-order valence-corrected chi connectivity index (χ0v) is 12.0. The summed E-state index contributed by atoms with van der Waals surface area (Å²) in [6, 6.07) is 5.78. The van der Waals surface area contributed by atoms with Gasteiger partial charge < -0.3 is 0 Å². The van der Waals surface area contributed by atoms with Crippen molar-refractivity contribution in [2.45, 2.75) is 43.9 Å². The first kappa shape index (κ1) is 13.5. The number of halogens is 3. The quantitative estimate of drug-likeness (QED) is 0.622. The van der Waals surface area contributed by atoms with Crippen LogP contribution in [0.1, 0.15) is 37.7 Å². The van der Waals surface area contributed by atoms with Gasteiger partial charge in [-0.2, -0.15) is 0 Å². The Morgan fingerprint density at radius 2 is 1.82 bits per heavy atom. The van der Waals surface area contributed by atoms with Crippen LogP contribution in [-0.4, -0.2) is 5.38 Å². The molecule has 0 heterocycles. The predicted octanol–water partition coefficient (Wildman–Crippen LogP) is 5.72. The molecule has 1 aromatic carbocycles. The molecule has 94 valence electrons. The Bertz CT molecular complexity index is 370. The van der Waals surface area contributed by atoms with E-state index in [9.17, 15) is 0 Å². The Hall–Kier alpha value is 0.0900. The maximum atomic E-state index is 6.41. The van der Waals surface area contributed by atoms with Crippen molar-refractivity contribution >= 4 is 34.8 Å². The highest BCUT2D eigenvalue weighted by molar-refractivity contribution is 6.42. The van der Waals surface area contributed by atoms with Crippen molar-refractivity contribution in [2.24, 2.45) is 5.92 Å². The lowest BCUT2D eigenvalue weighted by Gasteiger charge is -2.14. The third-order valence-electron chi connectivity index (χ3n) is 3.51. The van der Waals surface area contributed by atoms with E-state index >= 15 is 0 Å². The average Bonchev–Trinajstić information content (AvgIpc) is 2.76. The highest BCUT2D eigenvalue weighted by Gasteiger charge is 2.19. The molecule has 3 heteroatoms. The molecule has 2 rings (SSSR count). The molecule has 0 amide bonds. The lowest BCUT2D eigenvalue weighted by molar-refractivity contribution is 0.488. The Labute approximate surface area is 118 Å². The summed E-state index contributed by atoms with van der Waals surface area (Å²) >= 11 is 18.3. The minimum atomic E-state index is 0.218. The van der Waals surface area contributed by atoms with Crippen LogP contribution in [0.5, 0.6) is 0 Å². The number of alkyl halides is 1. The lowest BCUT2D eigenvalue weighted by atomic mass is 9.98. The molecule has 0 bridgehead atoms. The van der Waals surface area contributed by atoms with E-state index in [1.807, 2.05) is 18.2 Å². The molecular formula is C14H17Cl3. The molecule has 1 aliphatic carbocycles. The Morgan fingerprint density at radius 1 is 1.12 bits per heavy atom. The summed E-state index contributed by atoms with van der Waals surface area (Å²) in [5.74, 6) is 0.834. The minimum Gasteiger partial charge on any atom is -0.123 e. The predicted molar refractivity (Wildman–Crippen MR) is 76.4 cm³/mol. The molecule has 1 unspecified atom stereocenters. The van der Waals surface area contributed by atoms with Gasteiger partial charge in [0.2, 0.25) is 0 Å². The maximum absolute atomic E-state index is 6.41. The summed E-state index contributed by atoms with van der Waals surface area (Å²) in [6.45, 7) is 0. The van der Waals surface area contributed by atoms with E-state index in [1.54, 1.807) is 0 Å². The van der Waals surface area contributed by atoms with Gasteiger partial charge in [-0.15, -0.1) is 11.6 Å². The normalized spacial score (nSPS) is 18.5. The number of hydrogen-bond acceptors (Lipinski definition) is 0. The van der Waals surface area contributed by atoms with Gasteiger partial charge in [0.05, 0.1) is 10.0 Å². The van der Waals surface area contributed by atoms with Crippen LogP contribution in [0.4, 0.5) is 0 Å². The van der Waals surface area contributed by atoms with Crippen molar-refractivity contribution in [1.29, 1.82) is 0 Å². The molecule has 1 aromatic rings. The summed E-state index contributed by atoms with van der Waals surface area (Å²) in [5.41, 5.74) is 1.18. The molecule has 1 fully saturated rings. The Kier molecular flexibility index (Phi) is 5.02. The van der Waals surface area contributed by atoms with Gasteiger partial charge in [0.25, 0.3) is 0 Å². The standard InChI is InChI=1S/C14H17Cl3/c15-12(7-10-3-1-2-4-10)8-11-5-6-13(16)14(17)9-11/h5-6,9-10,12H,1-4,7-8H2. The van der Waals surface area contributed by atoms with E-state index < -0.39 is 0 Å². The molecule has 1 saturated carbocycles. The first-order chi connectivity index (χ1) is 8.15. The second-order valence-electron chi connectivity index (χ2n) is 4.94. The van der Waals surface area contributed by atoms with Crippen LogP contribution < -0.4 is 0 Å². The van der Waals surface area contributed by atoms with Crippen LogP contribution in [0.3, 0.4) is 0 Å². The molecule has 1 atom stereocenters. The topological polar surface area (TPSA) is 0 Å². The zero-order chi connectivity index (χ0) is 12.3. The molecule has 0 radical (unpaired) electrons. The van der Waals surface area contributed by atoms with E-state index in [1.165, 1.54) is 31.2 Å². The van der Waals surface area contributed by atoms with Crippen molar-refractivity contribution in [2.75, 3.05) is 0 Å². The van der Waals surface area contributed by atoms with Crippen molar-refractivity contribution in [1.82, 2.24) is 0 Å². The zero-order valence-electron chi connectivity index (χ0n) is 9.76. The van der Waals surface area contributed by atoms with Gasteiger partial charge in [0.1, 0.15) is 0 Å². The van der Waals surface area contributed by atoms with Crippen LogP contribution in [0.15, 0.2) is 18.2 Å². The lowest BCUT2D eigenvalue weighted by Crippen LogP contribution is -2.09. The first-order valence-electron chi connectivity index (χ1n) is 6.23. The Morgan fingerprint density at radius 3 is 2.47 bits per heavy atom. The highest BCUT2D eigenvalue weighted by atomic mass is 35.5. The fraction of sp³-hybridized carbons (Fsp3) is 0.571. The molecule has 0 spiro atoms. The van der Waals surface area contributed by atoms with Gasteiger partial charge in [-0.05, 0) is 36.5 Å². The largest absolute Gasteiger partial charge is 0.123 e. The smallest absolute Gasteiger partial charge is 0.0595 e. The molecule has 0 saturated heterocycles. The highest BCUT2D eigenvalue weighted by Crippen LogP contribution is 2.31. The third-order valence-corrected chi connectivity index (χ3v) is 4.58. The van der Waals surface area contributed by atoms with E-state index in [0.29, 0.717) is 10.0 Å². The van der Waals surface area contributed by atoms with E-state index in [4.69, 9.17) is 34.8 Å². The summed E-state index contributed by atoms with van der Waals surface area (Å²) in [7, 11) is 0. The Balaban J connectivity index is 1.88. The van der Waals surface area contributed by atoms with E-state index in [-0.39, 0.29) is 5.38 Å². The van der Waals surface area contributed by atoms with Crippen molar-refractivity contribution in [3.05, 3.63) is 33.8 Å². The second-order valence-corrected chi connectivity index (χ2v) is 6.37. The number of rotatable bonds is 4. The first-order valence-corrected chi connectivity index (χ1v) is 7.42. The molecule has 0 N–H and O–H groups in total. The molecule has 0 nitrogen and oxygen atoms in total. The summed E-state index contributed by atoms with van der Waals surface area (Å²) in [5, 5.41) is 1.45. The van der Waals surface area contributed by atoms with Crippen molar-refractivity contribution in [3.8, 4) is 0 Å². The fourth-order valence-corrected chi connectivity index (χ4v) is 3.36. The summed E-state index contributed by atoms with van der Waals surface area (Å²) in [4.78, 5) is 0. The average molecular weight is 292 g/mol. The SMILES string of the molecule is Clc1ccc(CC(Cl)CC2CCCC2)cc1Cl. The molecular weight excluding hydrogens is 275 g/mol. The van der Waals surface area contributed by atoms with Gasteiger partial charge in [0, 0.05) is 5.38 Å². The van der Waals surface area contributed by atoms with Crippen LogP contribution in [-0.2, 0) is 6.42 Å². The summed E-state index contributed by atoms with van der Waals surface area (Å²) < 4.78 is 0. The van der Waals surface area contributed by atoms with Gasteiger partial charge in [0.15, 0.2) is 0 Å². The van der Waals surface area contributed by atoms with Crippen LogP contribution in [0.25, 0.3) is 0 Å². The van der Waals surface area contributed by atoms with Gasteiger partial charge in [-0.3, -0.25) is 0 Å². The van der Waals surface area contributed by atoms with Gasteiger partial charge in [-0.1, -0.05) is 55.0 Å². The van der Waals surface area contributed by atoms with Gasteiger partial charge in [-0.25, -0.2) is 0 Å². The van der Waals surface area contributed by atoms with Crippen molar-refractivity contribution in [3.63, 3.8) is 0 Å². The molecule has 1 aliphatic rings. The number of benzene rings is 1. The van der Waals surface area contributed by atoms with E-state index in [2.05, 4.69) is 0 Å². The van der Waals surface area contributed by atoms with E-state index in [0.717, 1.165) is 18.8 Å². The second kappa shape index (κ2) is 6.31.